The van der Waals surface area contributed by atoms with Gasteiger partial charge in [-0.2, -0.15) is 0 Å². The van der Waals surface area contributed by atoms with E-state index >= 15 is 0 Å². The van der Waals surface area contributed by atoms with Crippen LogP contribution in [-0.2, 0) is 4.79 Å². The van der Waals surface area contributed by atoms with Gasteiger partial charge in [-0.25, -0.2) is 0 Å². The summed E-state index contributed by atoms with van der Waals surface area (Å²) >= 11 is 0. The molecule has 1 aliphatic rings. The Bertz CT molecular complexity index is 206. The maximum absolute atomic E-state index is 11.7. The maximum Gasteiger partial charge on any atom is 0.239 e. The summed E-state index contributed by atoms with van der Waals surface area (Å²) in [6, 6.07) is -0.213. The van der Waals surface area contributed by atoms with Gasteiger partial charge in [0.25, 0.3) is 0 Å². The topological polar surface area (TPSA) is 72.3 Å². The molecule has 0 spiro atoms. The van der Waals surface area contributed by atoms with Crippen LogP contribution in [0.5, 0.6) is 0 Å². The van der Waals surface area contributed by atoms with Crippen molar-refractivity contribution >= 4 is 5.91 Å². The standard InChI is InChI=1S/C10H21N3O/c1-7-3-4-13(9(5-7)6-11)10(14)8(2)12/h7-9H,3-6,11-12H2,1-2H3/t7?,8-,9?/m1/s1. The highest BCUT2D eigenvalue weighted by Crippen LogP contribution is 2.22. The van der Waals surface area contributed by atoms with Crippen LogP contribution >= 0.6 is 0 Å². The molecule has 14 heavy (non-hydrogen) atoms. The van der Waals surface area contributed by atoms with Crippen LogP contribution in [0, 0.1) is 5.92 Å². The minimum absolute atomic E-state index is 0.0346. The fraction of sp³-hybridized carbons (Fsp3) is 0.900. The first kappa shape index (κ1) is 11.5. The van der Waals surface area contributed by atoms with E-state index in [1.165, 1.54) is 0 Å². The number of hydrogen-bond acceptors (Lipinski definition) is 3. The summed E-state index contributed by atoms with van der Waals surface area (Å²) in [6.45, 7) is 5.29. The molecule has 1 amide bonds. The van der Waals surface area contributed by atoms with Crippen LogP contribution in [0.25, 0.3) is 0 Å². The van der Waals surface area contributed by atoms with Crippen LogP contribution in [0.2, 0.25) is 0 Å². The van der Waals surface area contributed by atoms with E-state index in [0.717, 1.165) is 19.4 Å². The van der Waals surface area contributed by atoms with Crippen molar-refractivity contribution in [3.8, 4) is 0 Å². The van der Waals surface area contributed by atoms with Gasteiger partial charge in [0.1, 0.15) is 0 Å². The van der Waals surface area contributed by atoms with E-state index < -0.39 is 6.04 Å². The first-order valence-electron chi connectivity index (χ1n) is 5.32. The van der Waals surface area contributed by atoms with Gasteiger partial charge in [-0.05, 0) is 25.7 Å². The summed E-state index contributed by atoms with van der Waals surface area (Å²) in [5, 5.41) is 0. The minimum atomic E-state index is -0.405. The maximum atomic E-state index is 11.7. The highest BCUT2D eigenvalue weighted by atomic mass is 16.2. The minimum Gasteiger partial charge on any atom is -0.337 e. The predicted molar refractivity (Wildman–Crippen MR) is 56.6 cm³/mol. The van der Waals surface area contributed by atoms with Gasteiger partial charge in [-0.15, -0.1) is 0 Å². The monoisotopic (exact) mass is 199 g/mol. The lowest BCUT2D eigenvalue weighted by atomic mass is 9.92. The molecule has 1 rings (SSSR count). The Hall–Kier alpha value is -0.610. The van der Waals surface area contributed by atoms with Crippen molar-refractivity contribution < 1.29 is 4.79 Å². The smallest absolute Gasteiger partial charge is 0.239 e. The van der Waals surface area contributed by atoms with Crippen molar-refractivity contribution in [3.05, 3.63) is 0 Å². The first-order valence-corrected chi connectivity index (χ1v) is 5.32. The number of likely N-dealkylation sites (tertiary alicyclic amines) is 1. The number of carbonyl (C=O) groups excluding carboxylic acids is 1. The Morgan fingerprint density at radius 1 is 1.64 bits per heavy atom. The lowest BCUT2D eigenvalue weighted by molar-refractivity contribution is -0.136. The predicted octanol–water partition coefficient (Wildman–Crippen LogP) is -0.0806. The van der Waals surface area contributed by atoms with Gasteiger partial charge in [0.15, 0.2) is 0 Å². The Morgan fingerprint density at radius 2 is 2.29 bits per heavy atom. The number of piperidine rings is 1. The molecule has 1 heterocycles. The number of nitrogens with zero attached hydrogens (tertiary/aromatic N) is 1. The molecule has 0 saturated carbocycles. The van der Waals surface area contributed by atoms with Gasteiger partial charge >= 0.3 is 0 Å². The largest absolute Gasteiger partial charge is 0.337 e. The van der Waals surface area contributed by atoms with Gasteiger partial charge in [-0.3, -0.25) is 4.79 Å². The summed E-state index contributed by atoms with van der Waals surface area (Å²) in [7, 11) is 0. The zero-order chi connectivity index (χ0) is 10.7. The molecule has 82 valence electrons. The summed E-state index contributed by atoms with van der Waals surface area (Å²) in [5.41, 5.74) is 11.2. The molecule has 4 heteroatoms. The lowest BCUT2D eigenvalue weighted by Crippen LogP contribution is -2.53. The van der Waals surface area contributed by atoms with Gasteiger partial charge in [-0.1, -0.05) is 6.92 Å². The second-order valence-electron chi connectivity index (χ2n) is 4.34. The fourth-order valence-corrected chi connectivity index (χ4v) is 2.03. The van der Waals surface area contributed by atoms with E-state index in [1.807, 2.05) is 4.90 Å². The third-order valence-corrected chi connectivity index (χ3v) is 2.92. The van der Waals surface area contributed by atoms with E-state index in [1.54, 1.807) is 6.92 Å². The fourth-order valence-electron chi connectivity index (χ4n) is 2.03. The molecule has 3 atom stereocenters. The molecule has 0 aromatic carbocycles. The molecule has 0 radical (unpaired) electrons. The van der Waals surface area contributed by atoms with E-state index in [0.29, 0.717) is 12.5 Å². The molecular weight excluding hydrogens is 178 g/mol. The Kier molecular flexibility index (Phi) is 3.89. The zero-order valence-corrected chi connectivity index (χ0v) is 9.07. The van der Waals surface area contributed by atoms with Gasteiger partial charge in [0.2, 0.25) is 5.91 Å². The quantitative estimate of drug-likeness (QED) is 0.653. The highest BCUT2D eigenvalue weighted by molar-refractivity contribution is 5.81. The molecule has 1 aliphatic heterocycles. The SMILES string of the molecule is CC1CCN(C(=O)[C@@H](C)N)C(CN)C1. The highest BCUT2D eigenvalue weighted by Gasteiger charge is 2.29. The van der Waals surface area contributed by atoms with Crippen LogP contribution < -0.4 is 11.5 Å². The van der Waals surface area contributed by atoms with Crippen molar-refractivity contribution in [1.29, 1.82) is 0 Å². The average Bonchev–Trinajstić information content (AvgIpc) is 2.16. The number of nitrogens with two attached hydrogens (primary N) is 2. The molecule has 0 aromatic rings. The molecule has 1 saturated heterocycles. The van der Waals surface area contributed by atoms with Gasteiger partial charge in [0.05, 0.1) is 6.04 Å². The van der Waals surface area contributed by atoms with Crippen LogP contribution in [0.15, 0.2) is 0 Å². The van der Waals surface area contributed by atoms with Crippen LogP contribution in [0.4, 0.5) is 0 Å². The van der Waals surface area contributed by atoms with E-state index in [-0.39, 0.29) is 11.9 Å². The van der Waals surface area contributed by atoms with Crippen LogP contribution in [0.1, 0.15) is 26.7 Å². The van der Waals surface area contributed by atoms with Crippen molar-refractivity contribution in [1.82, 2.24) is 4.90 Å². The number of amides is 1. The zero-order valence-electron chi connectivity index (χ0n) is 9.07. The number of rotatable bonds is 2. The summed E-state index contributed by atoms with van der Waals surface area (Å²) in [6.07, 6.45) is 2.07. The Morgan fingerprint density at radius 3 is 2.79 bits per heavy atom. The molecule has 1 fully saturated rings. The van der Waals surface area contributed by atoms with Crippen molar-refractivity contribution in [3.63, 3.8) is 0 Å². The van der Waals surface area contributed by atoms with E-state index in [4.69, 9.17) is 11.5 Å². The third-order valence-electron chi connectivity index (χ3n) is 2.92. The normalized spacial score (nSPS) is 30.1. The molecule has 2 unspecified atom stereocenters. The average molecular weight is 199 g/mol. The molecule has 4 N–H and O–H groups in total. The van der Waals surface area contributed by atoms with E-state index in [9.17, 15) is 4.79 Å². The van der Waals surface area contributed by atoms with Gasteiger partial charge in [0, 0.05) is 19.1 Å². The second-order valence-corrected chi connectivity index (χ2v) is 4.34. The van der Waals surface area contributed by atoms with Crippen molar-refractivity contribution in [2.24, 2.45) is 17.4 Å². The van der Waals surface area contributed by atoms with Crippen LogP contribution in [0.3, 0.4) is 0 Å². The number of hydrogen-bond donors (Lipinski definition) is 2. The Labute approximate surface area is 85.6 Å². The van der Waals surface area contributed by atoms with E-state index in [2.05, 4.69) is 6.92 Å². The Balaban J connectivity index is 2.63. The lowest BCUT2D eigenvalue weighted by Gasteiger charge is -2.38. The summed E-state index contributed by atoms with van der Waals surface area (Å²) in [5.74, 6) is 0.702. The summed E-state index contributed by atoms with van der Waals surface area (Å²) in [4.78, 5) is 13.6. The molecule has 0 aliphatic carbocycles. The molecule has 0 bridgehead atoms. The van der Waals surface area contributed by atoms with Crippen molar-refractivity contribution in [2.45, 2.75) is 38.8 Å². The third kappa shape index (κ3) is 2.45. The van der Waals surface area contributed by atoms with Crippen LogP contribution in [-0.4, -0.2) is 36.0 Å². The first-order chi connectivity index (χ1) is 6.56. The second kappa shape index (κ2) is 4.75. The van der Waals surface area contributed by atoms with Crippen molar-refractivity contribution in [2.75, 3.05) is 13.1 Å². The summed E-state index contributed by atoms with van der Waals surface area (Å²) < 4.78 is 0. The molecular formula is C10H21N3O. The van der Waals surface area contributed by atoms with Gasteiger partial charge < -0.3 is 16.4 Å². The number of carbonyl (C=O) groups is 1. The molecule has 4 nitrogen and oxygen atoms in total. The molecule has 0 aromatic heterocycles.